The molecule has 2 atom stereocenters. The maximum Gasteiger partial charge on any atom is 0.303 e. The van der Waals surface area contributed by atoms with Gasteiger partial charge in [-0.3, -0.25) is 4.79 Å². The van der Waals surface area contributed by atoms with E-state index in [9.17, 15) is 9.90 Å². The number of rotatable bonds is 1. The smallest absolute Gasteiger partial charge is 0.303 e. The van der Waals surface area contributed by atoms with Crippen molar-refractivity contribution in [2.45, 2.75) is 51.2 Å². The van der Waals surface area contributed by atoms with E-state index in [4.69, 9.17) is 4.74 Å². The number of esters is 1. The van der Waals surface area contributed by atoms with E-state index < -0.39 is 5.60 Å². The third kappa shape index (κ3) is 2.21. The van der Waals surface area contributed by atoms with Crippen LogP contribution in [0.2, 0.25) is 0 Å². The third-order valence-electron chi connectivity index (χ3n) is 2.40. The van der Waals surface area contributed by atoms with Crippen molar-refractivity contribution in [2.24, 2.45) is 0 Å². The highest BCUT2D eigenvalue weighted by Crippen LogP contribution is 2.30. The highest BCUT2D eigenvalue weighted by atomic mass is 16.6. The van der Waals surface area contributed by atoms with Gasteiger partial charge in [0.1, 0.15) is 6.10 Å². The van der Waals surface area contributed by atoms with Crippen LogP contribution in [0.25, 0.3) is 0 Å². The van der Waals surface area contributed by atoms with Gasteiger partial charge >= 0.3 is 5.97 Å². The average Bonchev–Trinajstić information content (AvgIpc) is 1.92. The first kappa shape index (κ1) is 9.52. The zero-order valence-electron chi connectivity index (χ0n) is 7.67. The normalized spacial score (nSPS) is 36.1. The topological polar surface area (TPSA) is 46.5 Å². The van der Waals surface area contributed by atoms with Gasteiger partial charge in [0.15, 0.2) is 0 Å². The Hall–Kier alpha value is -0.570. The van der Waals surface area contributed by atoms with E-state index in [0.717, 1.165) is 25.7 Å². The number of carbonyl (C=O) groups is 1. The van der Waals surface area contributed by atoms with Crippen LogP contribution in [-0.4, -0.2) is 22.8 Å². The molecular formula is C9H16O3. The molecule has 0 spiro atoms. The minimum absolute atomic E-state index is 0.302. The largest absolute Gasteiger partial charge is 0.460 e. The summed E-state index contributed by atoms with van der Waals surface area (Å²) in [5.41, 5.74) is -0.816. The Morgan fingerprint density at radius 2 is 2.25 bits per heavy atom. The standard InChI is InChI=1S/C9H16O3/c1-7(10)12-8-5-3-4-6-9(8,2)11/h8,11H,3-6H2,1-2H3. The lowest BCUT2D eigenvalue weighted by molar-refractivity contribution is -0.166. The summed E-state index contributed by atoms with van der Waals surface area (Å²) in [5.74, 6) is -0.304. The second-order valence-electron chi connectivity index (χ2n) is 3.70. The quantitative estimate of drug-likeness (QED) is 0.605. The Kier molecular flexibility index (Phi) is 2.73. The molecule has 0 amide bonds. The molecule has 0 radical (unpaired) electrons. The van der Waals surface area contributed by atoms with E-state index in [1.165, 1.54) is 6.92 Å². The molecule has 1 N–H and O–H groups in total. The van der Waals surface area contributed by atoms with Gasteiger partial charge < -0.3 is 9.84 Å². The SMILES string of the molecule is CC(=O)OC1CCCCC1(C)O. The maximum atomic E-state index is 10.7. The molecule has 1 fully saturated rings. The van der Waals surface area contributed by atoms with Gasteiger partial charge in [-0.2, -0.15) is 0 Å². The molecule has 1 aliphatic rings. The summed E-state index contributed by atoms with van der Waals surface area (Å²) in [7, 11) is 0. The Bertz CT molecular complexity index is 175. The van der Waals surface area contributed by atoms with Crippen molar-refractivity contribution in [1.29, 1.82) is 0 Å². The van der Waals surface area contributed by atoms with Crippen molar-refractivity contribution >= 4 is 5.97 Å². The first-order valence-corrected chi connectivity index (χ1v) is 4.42. The predicted octanol–water partition coefficient (Wildman–Crippen LogP) is 1.24. The van der Waals surface area contributed by atoms with Crippen LogP contribution in [0.3, 0.4) is 0 Å². The van der Waals surface area contributed by atoms with Gasteiger partial charge in [0, 0.05) is 6.92 Å². The summed E-state index contributed by atoms with van der Waals surface area (Å²) in [4.78, 5) is 10.7. The van der Waals surface area contributed by atoms with Gasteiger partial charge in [-0.15, -0.1) is 0 Å². The van der Waals surface area contributed by atoms with E-state index in [1.54, 1.807) is 6.92 Å². The van der Waals surface area contributed by atoms with Crippen molar-refractivity contribution in [3.05, 3.63) is 0 Å². The van der Waals surface area contributed by atoms with Crippen LogP contribution in [0.5, 0.6) is 0 Å². The first-order chi connectivity index (χ1) is 5.52. The van der Waals surface area contributed by atoms with Crippen molar-refractivity contribution < 1.29 is 14.6 Å². The summed E-state index contributed by atoms with van der Waals surface area (Å²) < 4.78 is 5.02. The monoisotopic (exact) mass is 172 g/mol. The summed E-state index contributed by atoms with van der Waals surface area (Å²) in [6, 6.07) is 0. The second kappa shape index (κ2) is 3.44. The fourth-order valence-electron chi connectivity index (χ4n) is 1.67. The maximum absolute atomic E-state index is 10.7. The molecule has 2 unspecified atom stereocenters. The molecule has 0 bridgehead atoms. The van der Waals surface area contributed by atoms with Gasteiger partial charge in [0.25, 0.3) is 0 Å². The predicted molar refractivity (Wildman–Crippen MR) is 44.6 cm³/mol. The van der Waals surface area contributed by atoms with Crippen LogP contribution in [0.4, 0.5) is 0 Å². The highest BCUT2D eigenvalue weighted by Gasteiger charge is 2.36. The van der Waals surface area contributed by atoms with Crippen LogP contribution >= 0.6 is 0 Å². The molecule has 0 heterocycles. The lowest BCUT2D eigenvalue weighted by Gasteiger charge is -2.35. The first-order valence-electron chi connectivity index (χ1n) is 4.42. The van der Waals surface area contributed by atoms with Gasteiger partial charge in [0.05, 0.1) is 5.60 Å². The molecule has 0 aromatic rings. The van der Waals surface area contributed by atoms with Crippen molar-refractivity contribution in [2.75, 3.05) is 0 Å². The minimum Gasteiger partial charge on any atom is -0.460 e. The lowest BCUT2D eigenvalue weighted by Crippen LogP contribution is -2.44. The molecule has 1 rings (SSSR count). The fraction of sp³-hybridized carbons (Fsp3) is 0.889. The molecule has 1 saturated carbocycles. The molecule has 0 aromatic heterocycles. The molecule has 3 heteroatoms. The Morgan fingerprint density at radius 1 is 1.58 bits per heavy atom. The third-order valence-corrected chi connectivity index (χ3v) is 2.40. The Morgan fingerprint density at radius 3 is 2.75 bits per heavy atom. The average molecular weight is 172 g/mol. The van der Waals surface area contributed by atoms with Gasteiger partial charge in [0.2, 0.25) is 0 Å². The van der Waals surface area contributed by atoms with E-state index in [0.29, 0.717) is 0 Å². The number of hydrogen-bond acceptors (Lipinski definition) is 3. The van der Waals surface area contributed by atoms with E-state index in [-0.39, 0.29) is 12.1 Å². The van der Waals surface area contributed by atoms with Crippen LogP contribution in [0, 0.1) is 0 Å². The van der Waals surface area contributed by atoms with Gasteiger partial charge in [-0.05, 0) is 26.2 Å². The number of carbonyl (C=O) groups excluding carboxylic acids is 1. The molecule has 0 aliphatic heterocycles. The Balaban J connectivity index is 2.54. The molecule has 12 heavy (non-hydrogen) atoms. The summed E-state index contributed by atoms with van der Waals surface area (Å²) >= 11 is 0. The second-order valence-corrected chi connectivity index (χ2v) is 3.70. The number of ether oxygens (including phenoxy) is 1. The molecular weight excluding hydrogens is 156 g/mol. The van der Waals surface area contributed by atoms with E-state index >= 15 is 0 Å². The summed E-state index contributed by atoms with van der Waals surface area (Å²) in [6.45, 7) is 3.12. The van der Waals surface area contributed by atoms with Crippen LogP contribution in [0.1, 0.15) is 39.5 Å². The summed E-state index contributed by atoms with van der Waals surface area (Å²) in [5, 5.41) is 9.81. The molecule has 1 aliphatic carbocycles. The minimum atomic E-state index is -0.816. The molecule has 70 valence electrons. The molecule has 0 saturated heterocycles. The highest BCUT2D eigenvalue weighted by molar-refractivity contribution is 5.66. The zero-order chi connectivity index (χ0) is 9.19. The molecule has 0 aromatic carbocycles. The zero-order valence-corrected chi connectivity index (χ0v) is 7.67. The van der Waals surface area contributed by atoms with Crippen molar-refractivity contribution in [3.8, 4) is 0 Å². The van der Waals surface area contributed by atoms with Crippen LogP contribution in [0.15, 0.2) is 0 Å². The van der Waals surface area contributed by atoms with Crippen molar-refractivity contribution in [1.82, 2.24) is 0 Å². The Labute approximate surface area is 72.7 Å². The summed E-state index contributed by atoms with van der Waals surface area (Å²) in [6.07, 6.45) is 3.26. The van der Waals surface area contributed by atoms with Crippen LogP contribution in [-0.2, 0) is 9.53 Å². The number of aliphatic hydroxyl groups is 1. The van der Waals surface area contributed by atoms with E-state index in [2.05, 4.69) is 0 Å². The fourth-order valence-corrected chi connectivity index (χ4v) is 1.67. The van der Waals surface area contributed by atoms with Crippen LogP contribution < -0.4 is 0 Å². The van der Waals surface area contributed by atoms with Gasteiger partial charge in [-0.25, -0.2) is 0 Å². The van der Waals surface area contributed by atoms with Gasteiger partial charge in [-0.1, -0.05) is 6.42 Å². The van der Waals surface area contributed by atoms with E-state index in [1.807, 2.05) is 0 Å². The van der Waals surface area contributed by atoms with Crippen molar-refractivity contribution in [3.63, 3.8) is 0 Å². The molecule has 3 nitrogen and oxygen atoms in total. The lowest BCUT2D eigenvalue weighted by atomic mass is 9.84. The number of hydrogen-bond donors (Lipinski definition) is 1.